The normalized spacial score (nSPS) is 22.3. The van der Waals surface area contributed by atoms with Crippen molar-refractivity contribution in [1.82, 2.24) is 20.8 Å². The molecule has 22 heavy (non-hydrogen) atoms. The second-order valence-electron chi connectivity index (χ2n) is 6.75. The molecule has 7 nitrogen and oxygen atoms in total. The summed E-state index contributed by atoms with van der Waals surface area (Å²) in [5.74, 6) is 0.729. The lowest BCUT2D eigenvalue weighted by atomic mass is 9.91. The molecule has 1 heterocycles. The summed E-state index contributed by atoms with van der Waals surface area (Å²) < 4.78 is 9.99. The van der Waals surface area contributed by atoms with Crippen LogP contribution in [0.25, 0.3) is 0 Å². The minimum absolute atomic E-state index is 0.213. The lowest BCUT2D eigenvalue weighted by Crippen LogP contribution is -2.44. The van der Waals surface area contributed by atoms with E-state index in [2.05, 4.69) is 20.8 Å². The third-order valence-electron chi connectivity index (χ3n) is 3.64. The van der Waals surface area contributed by atoms with Crippen molar-refractivity contribution in [2.75, 3.05) is 6.54 Å². The molecule has 0 radical (unpaired) electrons. The maximum Gasteiger partial charge on any atom is 0.407 e. The van der Waals surface area contributed by atoms with Crippen molar-refractivity contribution in [1.29, 1.82) is 0 Å². The van der Waals surface area contributed by atoms with Crippen LogP contribution in [0, 0.1) is 0 Å². The van der Waals surface area contributed by atoms with Crippen LogP contribution >= 0.6 is 0 Å². The van der Waals surface area contributed by atoms with E-state index in [0.717, 1.165) is 44.5 Å². The summed E-state index contributed by atoms with van der Waals surface area (Å²) in [6, 6.07) is 0.702. The largest absolute Gasteiger partial charge is 0.444 e. The number of hydrogen-bond acceptors (Lipinski definition) is 6. The van der Waals surface area contributed by atoms with E-state index >= 15 is 0 Å². The van der Waals surface area contributed by atoms with Gasteiger partial charge in [-0.05, 0) is 46.5 Å². The molecule has 124 valence electrons. The van der Waals surface area contributed by atoms with Gasteiger partial charge in [-0.3, -0.25) is 0 Å². The van der Waals surface area contributed by atoms with E-state index < -0.39 is 5.60 Å². The standard InChI is InChI=1S/C15H26N4O3/c1-15(2,3)22-14(20)18-12-6-4-11(5-7-12)16-9-8-13-17-10-21-19-13/h10-12,16H,4-9H2,1-3H3,(H,18,20). The molecule has 0 aliphatic heterocycles. The minimum atomic E-state index is -0.446. The molecule has 0 unspecified atom stereocenters. The average molecular weight is 310 g/mol. The zero-order valence-electron chi connectivity index (χ0n) is 13.6. The zero-order chi connectivity index (χ0) is 16.0. The second-order valence-corrected chi connectivity index (χ2v) is 6.75. The van der Waals surface area contributed by atoms with Gasteiger partial charge in [0.25, 0.3) is 0 Å². The number of rotatable bonds is 5. The number of nitrogens with zero attached hydrogens (tertiary/aromatic N) is 2. The lowest BCUT2D eigenvalue weighted by Gasteiger charge is -2.30. The van der Waals surface area contributed by atoms with Crippen LogP contribution < -0.4 is 10.6 Å². The van der Waals surface area contributed by atoms with Crippen molar-refractivity contribution < 1.29 is 14.1 Å². The minimum Gasteiger partial charge on any atom is -0.444 e. The Morgan fingerprint density at radius 1 is 1.32 bits per heavy atom. The summed E-state index contributed by atoms with van der Waals surface area (Å²) >= 11 is 0. The van der Waals surface area contributed by atoms with Crippen LogP contribution in [0.5, 0.6) is 0 Å². The van der Waals surface area contributed by atoms with Gasteiger partial charge in [0, 0.05) is 25.0 Å². The predicted octanol–water partition coefficient (Wildman–Crippen LogP) is 2.04. The number of carbonyl (C=O) groups is 1. The highest BCUT2D eigenvalue weighted by atomic mass is 16.6. The molecule has 2 N–H and O–H groups in total. The van der Waals surface area contributed by atoms with Gasteiger partial charge in [-0.15, -0.1) is 0 Å². The van der Waals surface area contributed by atoms with Crippen LogP contribution in [0.2, 0.25) is 0 Å². The maximum absolute atomic E-state index is 11.7. The van der Waals surface area contributed by atoms with Crippen molar-refractivity contribution in [3.05, 3.63) is 12.2 Å². The fraction of sp³-hybridized carbons (Fsp3) is 0.800. The van der Waals surface area contributed by atoms with Gasteiger partial charge >= 0.3 is 6.09 Å². The van der Waals surface area contributed by atoms with E-state index in [4.69, 9.17) is 9.26 Å². The van der Waals surface area contributed by atoms with Gasteiger partial charge in [0.2, 0.25) is 6.39 Å². The zero-order valence-corrected chi connectivity index (χ0v) is 13.6. The Balaban J connectivity index is 1.60. The Hall–Kier alpha value is -1.63. The Bertz CT molecular complexity index is 448. The van der Waals surface area contributed by atoms with Crippen molar-refractivity contribution >= 4 is 6.09 Å². The molecular formula is C15H26N4O3. The first-order chi connectivity index (χ1) is 10.4. The number of amides is 1. The monoisotopic (exact) mass is 310 g/mol. The number of aromatic nitrogens is 2. The van der Waals surface area contributed by atoms with E-state index in [-0.39, 0.29) is 12.1 Å². The van der Waals surface area contributed by atoms with Gasteiger partial charge in [0.1, 0.15) is 5.60 Å². The number of nitrogens with one attached hydrogen (secondary N) is 2. The molecule has 7 heteroatoms. The topological polar surface area (TPSA) is 89.3 Å². The molecule has 1 aromatic heterocycles. The Labute approximate surface area is 131 Å². The molecule has 1 aromatic rings. The van der Waals surface area contributed by atoms with Crippen LogP contribution in [-0.4, -0.2) is 40.5 Å². The summed E-state index contributed by atoms with van der Waals surface area (Å²) in [4.78, 5) is 15.7. The van der Waals surface area contributed by atoms with Crippen molar-refractivity contribution in [3.63, 3.8) is 0 Å². The summed E-state index contributed by atoms with van der Waals surface area (Å²) in [5.41, 5.74) is -0.446. The summed E-state index contributed by atoms with van der Waals surface area (Å²) in [5, 5.41) is 10.2. The summed E-state index contributed by atoms with van der Waals surface area (Å²) in [7, 11) is 0. The number of hydrogen-bond donors (Lipinski definition) is 2. The highest BCUT2D eigenvalue weighted by Gasteiger charge is 2.24. The quantitative estimate of drug-likeness (QED) is 0.865. The number of alkyl carbamates (subject to hydrolysis) is 1. The van der Waals surface area contributed by atoms with Gasteiger partial charge in [-0.1, -0.05) is 5.16 Å². The van der Waals surface area contributed by atoms with Crippen LogP contribution in [0.1, 0.15) is 52.3 Å². The van der Waals surface area contributed by atoms with E-state index in [1.165, 1.54) is 6.39 Å². The van der Waals surface area contributed by atoms with Gasteiger partial charge in [-0.2, -0.15) is 4.98 Å². The van der Waals surface area contributed by atoms with Crippen molar-refractivity contribution in [2.45, 2.75) is 70.6 Å². The first-order valence-electron chi connectivity index (χ1n) is 7.90. The molecule has 1 aliphatic carbocycles. The maximum atomic E-state index is 11.7. The highest BCUT2D eigenvalue weighted by Crippen LogP contribution is 2.19. The SMILES string of the molecule is CC(C)(C)OC(=O)NC1CCC(NCCc2ncon2)CC1. The van der Waals surface area contributed by atoms with E-state index in [1.807, 2.05) is 20.8 Å². The van der Waals surface area contributed by atoms with Crippen molar-refractivity contribution in [3.8, 4) is 0 Å². The van der Waals surface area contributed by atoms with E-state index in [9.17, 15) is 4.79 Å². The molecule has 0 spiro atoms. The summed E-state index contributed by atoms with van der Waals surface area (Å²) in [6.07, 6.45) is 5.84. The van der Waals surface area contributed by atoms with Gasteiger partial charge in [-0.25, -0.2) is 4.79 Å². The first-order valence-corrected chi connectivity index (χ1v) is 7.90. The molecule has 1 amide bonds. The Morgan fingerprint density at radius 2 is 2.00 bits per heavy atom. The molecule has 1 saturated carbocycles. The second kappa shape index (κ2) is 7.58. The molecule has 0 saturated heterocycles. The van der Waals surface area contributed by atoms with Crippen LogP contribution in [0.15, 0.2) is 10.9 Å². The van der Waals surface area contributed by atoms with E-state index in [0.29, 0.717) is 6.04 Å². The van der Waals surface area contributed by atoms with Crippen molar-refractivity contribution in [2.24, 2.45) is 0 Å². The smallest absolute Gasteiger partial charge is 0.407 e. The van der Waals surface area contributed by atoms with Gasteiger partial charge in [0.15, 0.2) is 5.82 Å². The van der Waals surface area contributed by atoms with Gasteiger partial charge < -0.3 is 19.9 Å². The number of ether oxygens (including phenoxy) is 1. The fourth-order valence-electron chi connectivity index (χ4n) is 2.61. The van der Waals surface area contributed by atoms with E-state index in [1.54, 1.807) is 0 Å². The average Bonchev–Trinajstić information content (AvgIpc) is 2.92. The third-order valence-corrected chi connectivity index (χ3v) is 3.64. The molecular weight excluding hydrogens is 284 g/mol. The molecule has 0 atom stereocenters. The van der Waals surface area contributed by atoms with Gasteiger partial charge in [0.05, 0.1) is 0 Å². The lowest BCUT2D eigenvalue weighted by molar-refractivity contribution is 0.0490. The first kappa shape index (κ1) is 16.7. The Morgan fingerprint density at radius 3 is 2.59 bits per heavy atom. The molecule has 0 bridgehead atoms. The summed E-state index contributed by atoms with van der Waals surface area (Å²) in [6.45, 7) is 6.46. The number of carbonyl (C=O) groups excluding carboxylic acids is 1. The molecule has 2 rings (SSSR count). The molecule has 1 aliphatic rings. The Kier molecular flexibility index (Phi) is 5.76. The third kappa shape index (κ3) is 6.01. The molecule has 0 aromatic carbocycles. The highest BCUT2D eigenvalue weighted by molar-refractivity contribution is 5.68. The predicted molar refractivity (Wildman–Crippen MR) is 81.4 cm³/mol. The molecule has 1 fully saturated rings. The van der Waals surface area contributed by atoms with Crippen LogP contribution in [0.3, 0.4) is 0 Å². The fourth-order valence-corrected chi connectivity index (χ4v) is 2.61. The van der Waals surface area contributed by atoms with Crippen LogP contribution in [-0.2, 0) is 11.2 Å². The van der Waals surface area contributed by atoms with Crippen LogP contribution in [0.4, 0.5) is 4.79 Å².